The highest BCUT2D eigenvalue weighted by Crippen LogP contribution is 2.22. The highest BCUT2D eigenvalue weighted by Gasteiger charge is 2.22. The lowest BCUT2D eigenvalue weighted by Gasteiger charge is -2.08. The lowest BCUT2D eigenvalue weighted by atomic mass is 10.1. The molecule has 0 aliphatic heterocycles. The Labute approximate surface area is 89.4 Å². The summed E-state index contributed by atoms with van der Waals surface area (Å²) in [6.45, 7) is 0. The van der Waals surface area contributed by atoms with Gasteiger partial charge in [0, 0.05) is 6.07 Å². The maximum atomic E-state index is 11.2. The molecule has 0 fully saturated rings. The average molecular weight is 224 g/mol. The first-order valence-electron chi connectivity index (χ1n) is 4.06. The van der Waals surface area contributed by atoms with Gasteiger partial charge in [-0.15, -0.1) is 0 Å². The molecule has 0 spiro atoms. The Morgan fingerprint density at radius 3 is 2.44 bits per heavy atom. The molecular weight excluding hydrogens is 218 g/mol. The van der Waals surface area contributed by atoms with Crippen LogP contribution in [0.25, 0.3) is 0 Å². The van der Waals surface area contributed by atoms with Crippen molar-refractivity contribution in [3.8, 4) is 0 Å². The van der Waals surface area contributed by atoms with Gasteiger partial charge in [-0.05, 0) is 6.07 Å². The summed E-state index contributed by atoms with van der Waals surface area (Å²) in [5, 5.41) is 21.3. The summed E-state index contributed by atoms with van der Waals surface area (Å²) in [6, 6.07) is 3.28. The minimum absolute atomic E-state index is 0.406. The second-order valence-corrected chi connectivity index (χ2v) is 2.74. The van der Waals surface area contributed by atoms with Crippen molar-refractivity contribution < 1.29 is 24.4 Å². The number of carboxylic acids is 1. The quantitative estimate of drug-likeness (QED) is 0.397. The van der Waals surface area contributed by atoms with Crippen LogP contribution in [0.1, 0.15) is 20.7 Å². The van der Waals surface area contributed by atoms with Gasteiger partial charge in [-0.2, -0.15) is 0 Å². The zero-order valence-electron chi connectivity index (χ0n) is 8.13. The van der Waals surface area contributed by atoms with E-state index in [0.29, 0.717) is 0 Å². The van der Waals surface area contributed by atoms with Crippen LogP contribution in [0.2, 0.25) is 0 Å². The molecule has 0 heterocycles. The summed E-state index contributed by atoms with van der Waals surface area (Å²) < 4.78 is 4.31. The largest absolute Gasteiger partial charge is 0.545 e. The van der Waals surface area contributed by atoms with Crippen LogP contribution in [0.4, 0.5) is 5.69 Å². The third-order valence-electron chi connectivity index (χ3n) is 1.85. The molecule has 0 unspecified atom stereocenters. The van der Waals surface area contributed by atoms with Gasteiger partial charge in [0.1, 0.15) is 0 Å². The number of hydrogen-bond acceptors (Lipinski definition) is 6. The number of nitro groups is 1. The van der Waals surface area contributed by atoms with Gasteiger partial charge in [0.2, 0.25) is 0 Å². The van der Waals surface area contributed by atoms with Gasteiger partial charge in [0.25, 0.3) is 5.69 Å². The third kappa shape index (κ3) is 1.97. The van der Waals surface area contributed by atoms with E-state index < -0.39 is 33.7 Å². The molecule has 1 aromatic rings. The van der Waals surface area contributed by atoms with Crippen LogP contribution in [0, 0.1) is 10.1 Å². The molecule has 0 saturated heterocycles. The Balaban J connectivity index is 3.51. The number of esters is 1. The molecule has 0 N–H and O–H groups in total. The highest BCUT2D eigenvalue weighted by atomic mass is 16.6. The van der Waals surface area contributed by atoms with Crippen LogP contribution < -0.4 is 5.11 Å². The average Bonchev–Trinajstić information content (AvgIpc) is 2.26. The molecule has 16 heavy (non-hydrogen) atoms. The van der Waals surface area contributed by atoms with E-state index in [1.807, 2.05) is 0 Å². The summed E-state index contributed by atoms with van der Waals surface area (Å²) in [6.07, 6.45) is 0. The van der Waals surface area contributed by atoms with Gasteiger partial charge < -0.3 is 14.6 Å². The molecule has 0 atom stereocenters. The van der Waals surface area contributed by atoms with Crippen LogP contribution in [0.5, 0.6) is 0 Å². The minimum Gasteiger partial charge on any atom is -0.545 e. The van der Waals surface area contributed by atoms with E-state index in [4.69, 9.17) is 0 Å². The lowest BCUT2D eigenvalue weighted by molar-refractivity contribution is -0.385. The standard InChI is InChI=1S/C9H7NO6/c1-16-9(13)5-3-2-4-6(10(14)15)7(5)8(11)12/h2-4H,1H3,(H,11,12)/p-1. The number of ether oxygens (including phenoxy) is 1. The normalized spacial score (nSPS) is 9.56. The molecule has 0 amide bonds. The third-order valence-corrected chi connectivity index (χ3v) is 1.85. The first kappa shape index (κ1) is 11.6. The Morgan fingerprint density at radius 2 is 2.00 bits per heavy atom. The number of rotatable bonds is 3. The molecule has 7 nitrogen and oxygen atoms in total. The molecule has 0 saturated carbocycles. The Bertz CT molecular complexity index is 467. The summed E-state index contributed by atoms with van der Waals surface area (Å²) in [4.78, 5) is 31.6. The molecule has 1 aromatic carbocycles. The molecule has 1 rings (SSSR count). The van der Waals surface area contributed by atoms with Crippen molar-refractivity contribution in [3.63, 3.8) is 0 Å². The van der Waals surface area contributed by atoms with Crippen molar-refractivity contribution in [3.05, 3.63) is 39.4 Å². The second-order valence-electron chi connectivity index (χ2n) is 2.74. The second kappa shape index (κ2) is 4.39. The Morgan fingerprint density at radius 1 is 1.38 bits per heavy atom. The van der Waals surface area contributed by atoms with Crippen LogP contribution in [0.3, 0.4) is 0 Å². The number of hydrogen-bond donors (Lipinski definition) is 0. The van der Waals surface area contributed by atoms with Crippen LogP contribution >= 0.6 is 0 Å². The van der Waals surface area contributed by atoms with Crippen LogP contribution in [0.15, 0.2) is 18.2 Å². The Kier molecular flexibility index (Phi) is 3.19. The van der Waals surface area contributed by atoms with E-state index in [9.17, 15) is 24.8 Å². The Hall–Kier alpha value is -2.44. The fourth-order valence-corrected chi connectivity index (χ4v) is 1.19. The van der Waals surface area contributed by atoms with E-state index in [2.05, 4.69) is 4.74 Å². The molecule has 0 aromatic heterocycles. The maximum Gasteiger partial charge on any atom is 0.338 e. The minimum atomic E-state index is -1.80. The summed E-state index contributed by atoms with van der Waals surface area (Å²) in [5.74, 6) is -2.77. The number of methoxy groups -OCH3 is 1. The van der Waals surface area contributed by atoms with Crippen molar-refractivity contribution in [2.45, 2.75) is 0 Å². The highest BCUT2D eigenvalue weighted by molar-refractivity contribution is 6.04. The number of carbonyl (C=O) groups excluding carboxylic acids is 2. The predicted octanol–water partition coefficient (Wildman–Crippen LogP) is -0.255. The van der Waals surface area contributed by atoms with Gasteiger partial charge >= 0.3 is 5.97 Å². The maximum absolute atomic E-state index is 11.2. The van der Waals surface area contributed by atoms with E-state index in [1.165, 1.54) is 6.07 Å². The summed E-state index contributed by atoms with van der Waals surface area (Å²) in [7, 11) is 1.04. The monoisotopic (exact) mass is 224 g/mol. The van der Waals surface area contributed by atoms with Crippen molar-refractivity contribution in [2.75, 3.05) is 7.11 Å². The summed E-state index contributed by atoms with van der Waals surface area (Å²) in [5.41, 5.74) is -1.89. The van der Waals surface area contributed by atoms with Crippen LogP contribution in [-0.2, 0) is 4.74 Å². The fourth-order valence-electron chi connectivity index (χ4n) is 1.19. The van der Waals surface area contributed by atoms with E-state index in [0.717, 1.165) is 19.2 Å². The molecular formula is C9H6NO6-. The lowest BCUT2D eigenvalue weighted by Crippen LogP contribution is -2.26. The van der Waals surface area contributed by atoms with Crippen molar-refractivity contribution in [2.24, 2.45) is 0 Å². The van der Waals surface area contributed by atoms with E-state index in [-0.39, 0.29) is 0 Å². The first-order chi connectivity index (χ1) is 7.49. The number of carboxylic acid groups (broad SMARTS) is 1. The van der Waals surface area contributed by atoms with Crippen molar-refractivity contribution in [1.29, 1.82) is 0 Å². The topological polar surface area (TPSA) is 110 Å². The molecule has 0 radical (unpaired) electrons. The van der Waals surface area contributed by atoms with E-state index in [1.54, 1.807) is 0 Å². The van der Waals surface area contributed by atoms with Crippen molar-refractivity contribution in [1.82, 2.24) is 0 Å². The van der Waals surface area contributed by atoms with Gasteiger partial charge in [0.05, 0.1) is 29.1 Å². The van der Waals surface area contributed by atoms with Gasteiger partial charge in [-0.25, -0.2) is 4.79 Å². The molecule has 0 bridgehead atoms. The van der Waals surface area contributed by atoms with Crippen LogP contribution in [-0.4, -0.2) is 24.0 Å². The van der Waals surface area contributed by atoms with Gasteiger partial charge in [0.15, 0.2) is 0 Å². The van der Waals surface area contributed by atoms with Gasteiger partial charge in [-0.1, -0.05) is 6.07 Å². The number of carbonyl (C=O) groups is 2. The summed E-state index contributed by atoms with van der Waals surface area (Å²) >= 11 is 0. The SMILES string of the molecule is COC(=O)c1cccc([N+](=O)[O-])c1C(=O)[O-]. The van der Waals surface area contributed by atoms with Crippen molar-refractivity contribution >= 4 is 17.6 Å². The molecule has 7 heteroatoms. The first-order valence-corrected chi connectivity index (χ1v) is 4.06. The number of nitro benzene ring substituents is 1. The molecule has 0 aliphatic carbocycles. The smallest absolute Gasteiger partial charge is 0.338 e. The fraction of sp³-hybridized carbons (Fsp3) is 0.111. The van der Waals surface area contributed by atoms with Gasteiger partial charge in [-0.3, -0.25) is 10.1 Å². The zero-order chi connectivity index (χ0) is 12.3. The molecule has 84 valence electrons. The number of nitrogens with zero attached hydrogens (tertiary/aromatic N) is 1. The number of benzene rings is 1. The zero-order valence-corrected chi connectivity index (χ0v) is 8.13. The predicted molar refractivity (Wildman–Crippen MR) is 48.8 cm³/mol. The number of aromatic carboxylic acids is 1. The molecule has 0 aliphatic rings. The van der Waals surface area contributed by atoms with E-state index >= 15 is 0 Å².